The molecular formula is C20H18FN3O3. The zero-order valence-corrected chi connectivity index (χ0v) is 14.9. The lowest BCUT2D eigenvalue weighted by Gasteiger charge is -2.26. The van der Waals surface area contributed by atoms with Gasteiger partial charge in [0, 0.05) is 17.6 Å². The van der Waals surface area contributed by atoms with Crippen molar-refractivity contribution in [3.05, 3.63) is 63.3 Å². The van der Waals surface area contributed by atoms with Crippen molar-refractivity contribution >= 4 is 22.6 Å². The molecule has 4 rings (SSSR count). The summed E-state index contributed by atoms with van der Waals surface area (Å²) < 4.78 is 15.5. The number of pyridine rings is 2. The zero-order chi connectivity index (χ0) is 19.3. The molecule has 2 N–H and O–H groups in total. The fourth-order valence-corrected chi connectivity index (χ4v) is 3.61. The smallest absolute Gasteiger partial charge is 0.267 e. The summed E-state index contributed by atoms with van der Waals surface area (Å²) in [4.78, 5) is 29.8. The average molecular weight is 367 g/mol. The second-order valence-corrected chi connectivity index (χ2v) is 6.92. The number of aromatic nitrogens is 2. The highest BCUT2D eigenvalue weighted by Crippen LogP contribution is 2.35. The molecule has 27 heavy (non-hydrogen) atoms. The molecule has 2 aromatic heterocycles. The molecule has 0 saturated carbocycles. The number of nitrogens with one attached hydrogen (secondary N) is 1. The second kappa shape index (κ2) is 6.19. The number of benzene rings is 1. The fourth-order valence-electron chi connectivity index (χ4n) is 3.61. The number of aryl methyl sites for hydroxylation is 2. The maximum Gasteiger partial charge on any atom is 0.267 e. The quantitative estimate of drug-likeness (QED) is 0.728. The second-order valence-electron chi connectivity index (χ2n) is 6.92. The van der Waals surface area contributed by atoms with Crippen LogP contribution in [0.4, 0.5) is 10.2 Å². The number of hydrogen-bond acceptors (Lipinski definition) is 4. The Morgan fingerprint density at radius 3 is 2.85 bits per heavy atom. The lowest BCUT2D eigenvalue weighted by molar-refractivity contribution is 0.102. The van der Waals surface area contributed by atoms with E-state index in [1.165, 1.54) is 10.6 Å². The van der Waals surface area contributed by atoms with E-state index >= 15 is 0 Å². The Balaban J connectivity index is 1.92. The van der Waals surface area contributed by atoms with E-state index < -0.39 is 28.6 Å². The first-order chi connectivity index (χ1) is 12.9. The van der Waals surface area contributed by atoms with E-state index in [0.717, 1.165) is 11.6 Å². The first kappa shape index (κ1) is 17.2. The van der Waals surface area contributed by atoms with Crippen LogP contribution in [0.25, 0.3) is 10.9 Å². The highest BCUT2D eigenvalue weighted by atomic mass is 19.1. The normalized spacial score (nSPS) is 15.7. The molecule has 1 aliphatic heterocycles. The number of hydrogen-bond donors (Lipinski definition) is 2. The number of rotatable bonds is 2. The Kier molecular flexibility index (Phi) is 3.95. The Labute approximate surface area is 154 Å². The molecule has 1 amide bonds. The highest BCUT2D eigenvalue weighted by molar-refractivity contribution is 6.09. The molecule has 0 aliphatic carbocycles. The monoisotopic (exact) mass is 367 g/mol. The summed E-state index contributed by atoms with van der Waals surface area (Å²) >= 11 is 0. The molecule has 0 fully saturated rings. The molecule has 0 radical (unpaired) electrons. The Bertz CT molecular complexity index is 1140. The lowest BCUT2D eigenvalue weighted by Crippen LogP contribution is -2.33. The van der Waals surface area contributed by atoms with Gasteiger partial charge in [-0.25, -0.2) is 9.37 Å². The van der Waals surface area contributed by atoms with Crippen LogP contribution in [0.5, 0.6) is 5.75 Å². The largest absolute Gasteiger partial charge is 0.506 e. The van der Waals surface area contributed by atoms with Gasteiger partial charge in [-0.05, 0) is 56.0 Å². The van der Waals surface area contributed by atoms with Crippen molar-refractivity contribution in [1.29, 1.82) is 0 Å². The summed E-state index contributed by atoms with van der Waals surface area (Å²) in [6.07, 6.45) is 2.83. The summed E-state index contributed by atoms with van der Waals surface area (Å²) in [6.45, 7) is 3.73. The van der Waals surface area contributed by atoms with Crippen molar-refractivity contribution in [2.75, 3.05) is 5.32 Å². The molecule has 6 nitrogen and oxygen atoms in total. The minimum atomic E-state index is -0.775. The third-order valence-electron chi connectivity index (χ3n) is 4.97. The maximum absolute atomic E-state index is 14.0. The van der Waals surface area contributed by atoms with Crippen LogP contribution in [0, 0.1) is 12.7 Å². The van der Waals surface area contributed by atoms with Crippen molar-refractivity contribution in [2.45, 2.75) is 32.7 Å². The predicted octanol–water partition coefficient (Wildman–Crippen LogP) is 3.31. The van der Waals surface area contributed by atoms with Crippen molar-refractivity contribution in [1.82, 2.24) is 9.55 Å². The maximum atomic E-state index is 14.0. The van der Waals surface area contributed by atoms with Crippen LogP contribution in [-0.4, -0.2) is 20.6 Å². The van der Waals surface area contributed by atoms with E-state index in [9.17, 15) is 19.1 Å². The van der Waals surface area contributed by atoms with Gasteiger partial charge in [0.25, 0.3) is 11.5 Å². The number of carbonyl (C=O) groups excluding carboxylic acids is 1. The van der Waals surface area contributed by atoms with Crippen LogP contribution in [0.1, 0.15) is 40.9 Å². The van der Waals surface area contributed by atoms with E-state index in [1.54, 1.807) is 18.3 Å². The Morgan fingerprint density at radius 1 is 1.37 bits per heavy atom. The molecule has 0 saturated heterocycles. The highest BCUT2D eigenvalue weighted by Gasteiger charge is 2.28. The standard InChI is InChI=1S/C20H18FN3O3/c1-10-3-6-15(22-9-10)23-19(26)16-18(25)14-8-13(21)7-12-5-4-11(2)24(17(12)14)20(16)27/h3,6-9,11,25H,4-5H2,1-2H3,(H,22,23,26)/t11-/m0/s1. The predicted molar refractivity (Wildman–Crippen MR) is 99.8 cm³/mol. The van der Waals surface area contributed by atoms with Crippen LogP contribution < -0.4 is 10.9 Å². The topological polar surface area (TPSA) is 84.2 Å². The number of carbonyl (C=O) groups is 1. The number of anilines is 1. The van der Waals surface area contributed by atoms with Gasteiger partial charge < -0.3 is 15.0 Å². The summed E-state index contributed by atoms with van der Waals surface area (Å²) in [5.74, 6) is -1.54. The molecule has 1 aliphatic rings. The molecule has 1 atom stereocenters. The Morgan fingerprint density at radius 2 is 2.15 bits per heavy atom. The molecule has 7 heteroatoms. The Hall–Kier alpha value is -3.22. The van der Waals surface area contributed by atoms with E-state index in [4.69, 9.17) is 0 Å². The van der Waals surface area contributed by atoms with Crippen LogP contribution in [-0.2, 0) is 6.42 Å². The molecule has 0 spiro atoms. The molecule has 3 heterocycles. The fraction of sp³-hybridized carbons (Fsp3) is 0.250. The molecule has 138 valence electrons. The van der Waals surface area contributed by atoms with E-state index in [2.05, 4.69) is 10.3 Å². The first-order valence-corrected chi connectivity index (χ1v) is 8.70. The molecule has 0 bridgehead atoms. The van der Waals surface area contributed by atoms with Crippen LogP contribution in [0.2, 0.25) is 0 Å². The minimum absolute atomic E-state index is 0.164. The summed E-state index contributed by atoms with van der Waals surface area (Å²) in [6, 6.07) is 5.74. The van der Waals surface area contributed by atoms with E-state index in [0.29, 0.717) is 23.9 Å². The average Bonchev–Trinajstić information content (AvgIpc) is 2.62. The van der Waals surface area contributed by atoms with Gasteiger partial charge in [-0.1, -0.05) is 6.07 Å². The number of nitrogens with zero attached hydrogens (tertiary/aromatic N) is 2. The summed E-state index contributed by atoms with van der Waals surface area (Å²) in [5, 5.41) is 13.3. The van der Waals surface area contributed by atoms with E-state index in [1.807, 2.05) is 13.8 Å². The van der Waals surface area contributed by atoms with Crippen LogP contribution in [0.3, 0.4) is 0 Å². The molecular weight excluding hydrogens is 349 g/mol. The van der Waals surface area contributed by atoms with Crippen molar-refractivity contribution in [2.24, 2.45) is 0 Å². The lowest BCUT2D eigenvalue weighted by atomic mass is 9.95. The van der Waals surface area contributed by atoms with Gasteiger partial charge in [-0.2, -0.15) is 0 Å². The van der Waals surface area contributed by atoms with Gasteiger partial charge in [0.1, 0.15) is 22.9 Å². The van der Waals surface area contributed by atoms with Gasteiger partial charge in [0.2, 0.25) is 0 Å². The number of halogens is 1. The third kappa shape index (κ3) is 2.75. The van der Waals surface area contributed by atoms with Crippen LogP contribution in [0.15, 0.2) is 35.3 Å². The summed E-state index contributed by atoms with van der Waals surface area (Å²) in [5.41, 5.74) is 1.06. The minimum Gasteiger partial charge on any atom is -0.506 e. The number of aromatic hydroxyl groups is 1. The van der Waals surface area contributed by atoms with Gasteiger partial charge in [0.15, 0.2) is 0 Å². The molecule has 1 aromatic carbocycles. The van der Waals surface area contributed by atoms with Crippen molar-refractivity contribution < 1.29 is 14.3 Å². The summed E-state index contributed by atoms with van der Waals surface area (Å²) in [7, 11) is 0. The SMILES string of the molecule is Cc1ccc(NC(=O)c2c(O)c3cc(F)cc4c3n(c2=O)[C@@H](C)CC4)nc1. The van der Waals surface area contributed by atoms with E-state index in [-0.39, 0.29) is 17.2 Å². The number of amides is 1. The van der Waals surface area contributed by atoms with Crippen LogP contribution >= 0.6 is 0 Å². The van der Waals surface area contributed by atoms with Crippen molar-refractivity contribution in [3.63, 3.8) is 0 Å². The van der Waals surface area contributed by atoms with Gasteiger partial charge >= 0.3 is 0 Å². The first-order valence-electron chi connectivity index (χ1n) is 8.70. The van der Waals surface area contributed by atoms with Gasteiger partial charge in [0.05, 0.1) is 5.52 Å². The van der Waals surface area contributed by atoms with Gasteiger partial charge in [-0.15, -0.1) is 0 Å². The molecule has 0 unspecified atom stereocenters. The zero-order valence-electron chi connectivity index (χ0n) is 14.9. The molecule has 3 aromatic rings. The van der Waals surface area contributed by atoms with Crippen molar-refractivity contribution in [3.8, 4) is 5.75 Å². The van der Waals surface area contributed by atoms with Gasteiger partial charge in [-0.3, -0.25) is 9.59 Å². The third-order valence-corrected chi connectivity index (χ3v) is 4.97.